The molecule has 530 valence electrons. The molecule has 0 spiro atoms. The number of ether oxygens (including phenoxy) is 7. The molecule has 5 heterocycles. The minimum absolute atomic E-state index is 0.633. The van der Waals surface area contributed by atoms with Gasteiger partial charge < -0.3 is 117 Å². The van der Waals surface area contributed by atoms with Crippen LogP contribution in [0.15, 0.2) is 91.0 Å². The molecule has 5 aliphatic rings. The first-order valence-electron chi connectivity index (χ1n) is 34.3. The van der Waals surface area contributed by atoms with Crippen molar-refractivity contribution in [3.63, 3.8) is 0 Å². The second-order valence-corrected chi connectivity index (χ2v) is 29.0. The number of rotatable bonds is 23. The summed E-state index contributed by atoms with van der Waals surface area (Å²) in [5, 5.41) is 0. The Kier molecular flexibility index (Phi) is 29.7. The van der Waals surface area contributed by atoms with Gasteiger partial charge in [-0.25, -0.2) is 0 Å². The van der Waals surface area contributed by atoms with Crippen LogP contribution in [0.3, 0.4) is 0 Å². The van der Waals surface area contributed by atoms with Gasteiger partial charge in [0.1, 0.15) is 107 Å². The van der Waals surface area contributed by atoms with Gasteiger partial charge in [0, 0.05) is 104 Å². The molecule has 5 aromatic carbocycles. The first kappa shape index (κ1) is 76.8. The molecular weight excluding hydrogens is 1200 g/mol. The summed E-state index contributed by atoms with van der Waals surface area (Å²) < 4.78 is 46.0. The molecule has 5 fully saturated rings. The molecule has 0 aromatic heterocycles. The maximum atomic E-state index is 5.89. The van der Waals surface area contributed by atoms with Crippen molar-refractivity contribution >= 4 is 56.9 Å². The van der Waals surface area contributed by atoms with Crippen molar-refractivity contribution < 1.29 is 60.1 Å². The van der Waals surface area contributed by atoms with Crippen molar-refractivity contribution in [2.45, 2.75) is 32.1 Å². The van der Waals surface area contributed by atoms with Crippen LogP contribution in [-0.2, 0) is 9.47 Å². The number of likely N-dealkylation sites (N-methyl/N-ethyl adjacent to an activating group) is 5. The number of benzene rings is 5. The normalized spacial score (nSPS) is 18.8. The third-order valence-corrected chi connectivity index (χ3v) is 19.3. The van der Waals surface area contributed by atoms with E-state index in [1.807, 2.05) is 0 Å². The van der Waals surface area contributed by atoms with E-state index in [9.17, 15) is 0 Å². The highest BCUT2D eigenvalue weighted by Gasteiger charge is 2.35. The lowest BCUT2D eigenvalue weighted by Gasteiger charge is -2.44. The van der Waals surface area contributed by atoms with E-state index >= 15 is 0 Å². The number of hydrogen-bond donors (Lipinski definition) is 10. The number of morpholine rings is 2. The lowest BCUT2D eigenvalue weighted by atomic mass is 10.2. The van der Waals surface area contributed by atoms with Crippen molar-refractivity contribution in [1.29, 1.82) is 0 Å². The van der Waals surface area contributed by atoms with Gasteiger partial charge in [0.25, 0.3) is 0 Å². The molecule has 0 atom stereocenters. The molecule has 5 saturated heterocycles. The average molecular weight is 1330 g/mol. The highest BCUT2D eigenvalue weighted by atomic mass is 16.5. The largest absolute Gasteiger partial charge is 0.491 e. The van der Waals surface area contributed by atoms with Crippen LogP contribution in [0.4, 0.5) is 56.9 Å². The lowest BCUT2D eigenvalue weighted by Crippen LogP contribution is -2.63. The summed E-state index contributed by atoms with van der Waals surface area (Å²) in [4.78, 5) is 2.51. The minimum Gasteiger partial charge on any atom is -0.491 e. The Balaban J connectivity index is 0.000000188. The molecule has 0 aliphatic carbocycles. The van der Waals surface area contributed by atoms with Gasteiger partial charge in [-0.2, -0.15) is 0 Å². The third kappa shape index (κ3) is 27.8. The summed E-state index contributed by atoms with van der Waals surface area (Å²) in [7, 11) is 18.3. The smallest absolute Gasteiger partial charge is 0.144 e. The van der Waals surface area contributed by atoms with Crippen molar-refractivity contribution in [2.24, 2.45) is 0 Å². The van der Waals surface area contributed by atoms with Crippen LogP contribution >= 0.6 is 0 Å². The van der Waals surface area contributed by atoms with E-state index in [1.165, 1.54) is 89.3 Å². The number of anilines is 10. The van der Waals surface area contributed by atoms with Crippen molar-refractivity contribution in [2.75, 3.05) is 298 Å². The van der Waals surface area contributed by atoms with Crippen LogP contribution in [0.5, 0.6) is 28.7 Å². The van der Waals surface area contributed by atoms with Crippen LogP contribution in [-0.4, -0.2) is 272 Å². The monoisotopic (exact) mass is 1330 g/mol. The molecule has 0 unspecified atom stereocenters. The first-order valence-corrected chi connectivity index (χ1v) is 34.3. The van der Waals surface area contributed by atoms with Gasteiger partial charge in [-0.05, 0) is 67.1 Å². The molecule has 24 heteroatoms. The Morgan fingerprint density at radius 1 is 0.316 bits per heavy atom. The van der Waals surface area contributed by atoms with Gasteiger partial charge in [0.05, 0.1) is 170 Å². The zero-order valence-corrected chi connectivity index (χ0v) is 59.3. The Hall–Kier alpha value is -7.26. The number of nitrogens with zero attached hydrogens (tertiary/aromatic N) is 7. The second kappa shape index (κ2) is 36.7. The van der Waals surface area contributed by atoms with Crippen LogP contribution in [0.25, 0.3) is 0 Å². The fourth-order valence-corrected chi connectivity index (χ4v) is 11.9. The molecule has 95 heavy (non-hydrogen) atoms. The van der Waals surface area contributed by atoms with E-state index in [-0.39, 0.29) is 0 Å². The van der Waals surface area contributed by atoms with E-state index in [0.717, 1.165) is 120 Å². The van der Waals surface area contributed by atoms with Crippen molar-refractivity contribution in [3.8, 4) is 28.7 Å². The van der Waals surface area contributed by atoms with Crippen molar-refractivity contribution in [3.05, 3.63) is 91.0 Å². The van der Waals surface area contributed by atoms with Gasteiger partial charge >= 0.3 is 0 Å². The molecule has 5 aromatic rings. The molecule has 5 aliphatic heterocycles. The zero-order valence-electron chi connectivity index (χ0n) is 59.3. The predicted octanol–water partition coefficient (Wildman–Crippen LogP) is 5.44. The number of nitrogen functional groups attached to an aromatic ring is 10. The van der Waals surface area contributed by atoms with E-state index in [0.29, 0.717) is 119 Å². The van der Waals surface area contributed by atoms with Crippen LogP contribution in [0.1, 0.15) is 32.1 Å². The van der Waals surface area contributed by atoms with Gasteiger partial charge in [0.2, 0.25) is 0 Å². The highest BCUT2D eigenvalue weighted by molar-refractivity contribution is 5.62. The molecule has 10 rings (SSSR count). The van der Waals surface area contributed by atoms with E-state index in [4.69, 9.17) is 90.5 Å². The molecule has 0 amide bonds. The van der Waals surface area contributed by atoms with E-state index < -0.39 is 0 Å². The summed E-state index contributed by atoms with van der Waals surface area (Å²) in [6.45, 7) is 28.6. The number of likely N-dealkylation sites (tertiary alicyclic amines) is 1. The van der Waals surface area contributed by atoms with Gasteiger partial charge in [-0.15, -0.1) is 0 Å². The molecule has 0 radical (unpaired) electrons. The van der Waals surface area contributed by atoms with E-state index in [1.54, 1.807) is 91.0 Å². The quantitative estimate of drug-likeness (QED) is 0.0221. The Morgan fingerprint density at radius 3 is 0.926 bits per heavy atom. The molecule has 24 nitrogen and oxygen atoms in total. The SMILES string of the molecule is C[N+]1(C)CCN(CCCOc2cc(N)ccc2N)CC1.C[N+]1(C)CC[N+](C)(CCOc2cc(N)ccc2N)CC1.C[N+]1(CCCOc2cc(N)ccc2N)CCCC1.C[N+]1(CCCOc2cc(N)ccc2N)CCOCC1.C[N+]1(CCOc2cc(N)ccc2N)CCOCC1. The number of quaternary nitrogens is 6. The lowest BCUT2D eigenvalue weighted by molar-refractivity contribution is -1.01. The Morgan fingerprint density at radius 2 is 0.589 bits per heavy atom. The Bertz CT molecular complexity index is 3060. The Labute approximate surface area is 568 Å². The minimum atomic E-state index is 0.633. The zero-order chi connectivity index (χ0) is 69.1. The number of piperazine rings is 2. The molecular formula is C71H125N17O7+6. The van der Waals surface area contributed by atoms with Gasteiger partial charge in [0.15, 0.2) is 0 Å². The summed E-state index contributed by atoms with van der Waals surface area (Å²) in [6.07, 6.45) is 5.80. The standard InChI is InChI=1S/C15H28N4O.C15H27N4O.C14H24N3O2.C14H24N3O.C13H22N3O2/c1-18(2)6-8-19(3,9-7-18)10-11-20-15-12-13(16)4-5-14(15)17;1-19(2)9-7-18(8-10-19)6-3-11-20-15-12-13(16)4-5-14(15)17;1-17(6-9-18-10-7-17)5-2-8-19-14-11-12(15)3-4-13(14)16;1-17(7-2-3-8-17)9-4-10-18-14-11-12(15)5-6-13(14)16;1-16(4-7-17-8-5-16)6-9-18-13-10-11(14)2-3-12(13)15/h4-5,12H,6-11,16-17H2,1-3H3;4-5,12H,3,6-11,16-17H2,1-2H3;3-4,11H,2,5-10,15-16H2,1H3;5-6,11H,2-4,7-10,15-16H2,1H3;2-3,10H,4-9,14-15H2,1H3/q+2;4*+1. The molecule has 0 bridgehead atoms. The van der Waals surface area contributed by atoms with Crippen LogP contribution in [0, 0.1) is 0 Å². The summed E-state index contributed by atoms with van der Waals surface area (Å²) >= 11 is 0. The van der Waals surface area contributed by atoms with E-state index in [2.05, 4.69) is 61.3 Å². The summed E-state index contributed by atoms with van der Waals surface area (Å²) in [6, 6.07) is 26.8. The summed E-state index contributed by atoms with van der Waals surface area (Å²) in [5.41, 5.74) is 64.5. The van der Waals surface area contributed by atoms with Crippen molar-refractivity contribution in [1.82, 2.24) is 4.90 Å². The predicted molar refractivity (Wildman–Crippen MR) is 392 cm³/mol. The molecule has 0 saturated carbocycles. The number of hydrogen-bond acceptors (Lipinski definition) is 18. The fourth-order valence-electron chi connectivity index (χ4n) is 11.9. The topological polar surface area (TPSA) is 328 Å². The maximum absolute atomic E-state index is 5.89. The molecule has 20 N–H and O–H groups in total. The fraction of sp³-hybridized carbons (Fsp3) is 0.577. The maximum Gasteiger partial charge on any atom is 0.144 e. The first-order chi connectivity index (χ1) is 45.0. The summed E-state index contributed by atoms with van der Waals surface area (Å²) in [5.74, 6) is 3.46. The van der Waals surface area contributed by atoms with Crippen LogP contribution < -0.4 is 81.0 Å². The van der Waals surface area contributed by atoms with Crippen LogP contribution in [0.2, 0.25) is 0 Å². The second-order valence-electron chi connectivity index (χ2n) is 29.0. The number of nitrogens with two attached hydrogens (primary N) is 10. The third-order valence-electron chi connectivity index (χ3n) is 19.3. The average Bonchev–Trinajstić information content (AvgIpc) is 2.36. The van der Waals surface area contributed by atoms with Gasteiger partial charge in [-0.3, -0.25) is 4.90 Å². The van der Waals surface area contributed by atoms with Gasteiger partial charge in [-0.1, -0.05) is 0 Å². The highest BCUT2D eigenvalue weighted by Crippen LogP contribution is 2.29.